The van der Waals surface area contributed by atoms with Gasteiger partial charge in [-0.15, -0.1) is 0 Å². The maximum absolute atomic E-state index is 6.12. The molecule has 1 aromatic carbocycles. The molecule has 0 fully saturated rings. The van der Waals surface area contributed by atoms with E-state index < -0.39 is 0 Å². The van der Waals surface area contributed by atoms with Gasteiger partial charge in [0.25, 0.3) is 0 Å². The van der Waals surface area contributed by atoms with Crippen LogP contribution in [0.4, 0.5) is 11.6 Å². The number of hydrogen-bond donors (Lipinski definition) is 2. The summed E-state index contributed by atoms with van der Waals surface area (Å²) in [6, 6.07) is 11.5. The SMILES string of the molecule is Cc1cc(Nc2ccc3cccc(Cl)c3n2)n[nH]1. The van der Waals surface area contributed by atoms with Crippen LogP contribution in [0.2, 0.25) is 5.02 Å². The largest absolute Gasteiger partial charge is 0.323 e. The summed E-state index contributed by atoms with van der Waals surface area (Å²) in [6.07, 6.45) is 0. The summed E-state index contributed by atoms with van der Waals surface area (Å²) in [6.45, 7) is 1.95. The molecule has 5 heteroatoms. The minimum absolute atomic E-state index is 0.648. The number of nitrogens with one attached hydrogen (secondary N) is 2. The van der Waals surface area contributed by atoms with Crippen molar-refractivity contribution in [2.75, 3.05) is 5.32 Å². The number of anilines is 2. The third-order valence-electron chi connectivity index (χ3n) is 2.63. The van der Waals surface area contributed by atoms with Crippen LogP contribution in [-0.4, -0.2) is 15.2 Å². The van der Waals surface area contributed by atoms with Crippen molar-refractivity contribution >= 4 is 34.1 Å². The number of hydrogen-bond acceptors (Lipinski definition) is 3. The summed E-state index contributed by atoms with van der Waals surface area (Å²) in [5, 5.41) is 11.8. The monoisotopic (exact) mass is 258 g/mol. The number of rotatable bonds is 2. The summed E-state index contributed by atoms with van der Waals surface area (Å²) >= 11 is 6.12. The molecule has 18 heavy (non-hydrogen) atoms. The second-order valence-corrected chi connectivity index (χ2v) is 4.48. The summed E-state index contributed by atoms with van der Waals surface area (Å²) in [4.78, 5) is 4.48. The number of para-hydroxylation sites is 1. The maximum atomic E-state index is 6.12. The molecule has 0 radical (unpaired) electrons. The summed E-state index contributed by atoms with van der Waals surface area (Å²) in [5.74, 6) is 1.47. The molecule has 0 saturated carbocycles. The van der Waals surface area contributed by atoms with Crippen LogP contribution in [0.5, 0.6) is 0 Å². The Balaban J connectivity index is 2.00. The molecular formula is C13H11ClN4. The highest BCUT2D eigenvalue weighted by molar-refractivity contribution is 6.35. The number of pyridine rings is 1. The third kappa shape index (κ3) is 2.02. The molecule has 0 unspecified atom stereocenters. The second-order valence-electron chi connectivity index (χ2n) is 4.07. The van der Waals surface area contributed by atoms with Crippen LogP contribution < -0.4 is 5.32 Å². The average molecular weight is 259 g/mol. The Bertz CT molecular complexity index is 705. The van der Waals surface area contributed by atoms with E-state index in [4.69, 9.17) is 11.6 Å². The van der Waals surface area contributed by atoms with Crippen molar-refractivity contribution in [2.24, 2.45) is 0 Å². The van der Waals surface area contributed by atoms with Crippen molar-refractivity contribution in [3.8, 4) is 0 Å². The van der Waals surface area contributed by atoms with Crippen LogP contribution in [0.1, 0.15) is 5.69 Å². The molecule has 3 aromatic rings. The number of halogens is 1. The predicted octanol–water partition coefficient (Wildman–Crippen LogP) is 3.66. The molecule has 0 atom stereocenters. The van der Waals surface area contributed by atoms with E-state index in [9.17, 15) is 0 Å². The van der Waals surface area contributed by atoms with Crippen molar-refractivity contribution in [1.82, 2.24) is 15.2 Å². The molecule has 0 aliphatic rings. The highest BCUT2D eigenvalue weighted by Gasteiger charge is 2.03. The molecule has 3 rings (SSSR count). The van der Waals surface area contributed by atoms with E-state index in [-0.39, 0.29) is 0 Å². The minimum atomic E-state index is 0.648. The lowest BCUT2D eigenvalue weighted by molar-refractivity contribution is 1.05. The number of aromatic amines is 1. The molecule has 0 bridgehead atoms. The number of H-pyrrole nitrogens is 1. The Labute approximate surface area is 109 Å². The first-order chi connectivity index (χ1) is 8.72. The van der Waals surface area contributed by atoms with E-state index in [1.807, 2.05) is 43.3 Å². The van der Waals surface area contributed by atoms with Gasteiger partial charge in [-0.25, -0.2) is 4.98 Å². The van der Waals surface area contributed by atoms with E-state index in [0.717, 1.165) is 28.2 Å². The normalized spacial score (nSPS) is 10.8. The molecule has 2 aromatic heterocycles. The number of nitrogens with zero attached hydrogens (tertiary/aromatic N) is 2. The van der Waals surface area contributed by atoms with Gasteiger partial charge in [-0.3, -0.25) is 5.10 Å². The van der Waals surface area contributed by atoms with Gasteiger partial charge < -0.3 is 5.32 Å². The number of benzene rings is 1. The van der Waals surface area contributed by atoms with Gasteiger partial charge in [0.2, 0.25) is 0 Å². The predicted molar refractivity (Wildman–Crippen MR) is 73.4 cm³/mol. The molecule has 0 aliphatic carbocycles. The van der Waals surface area contributed by atoms with E-state index in [2.05, 4.69) is 20.5 Å². The molecule has 0 spiro atoms. The van der Waals surface area contributed by atoms with Crippen molar-refractivity contribution in [3.63, 3.8) is 0 Å². The topological polar surface area (TPSA) is 53.6 Å². The van der Waals surface area contributed by atoms with Gasteiger partial charge in [0, 0.05) is 17.1 Å². The fourth-order valence-electron chi connectivity index (χ4n) is 1.79. The Morgan fingerprint density at radius 2 is 2.06 bits per heavy atom. The summed E-state index contributed by atoms with van der Waals surface area (Å²) < 4.78 is 0. The van der Waals surface area contributed by atoms with Gasteiger partial charge in [0.1, 0.15) is 5.82 Å². The number of fused-ring (bicyclic) bond motifs is 1. The molecule has 90 valence electrons. The van der Waals surface area contributed by atoms with Crippen molar-refractivity contribution in [2.45, 2.75) is 6.92 Å². The Kier molecular flexibility index (Phi) is 2.64. The highest BCUT2D eigenvalue weighted by Crippen LogP contribution is 2.24. The lowest BCUT2D eigenvalue weighted by Crippen LogP contribution is -1.94. The zero-order valence-corrected chi connectivity index (χ0v) is 10.5. The van der Waals surface area contributed by atoms with Crippen LogP contribution in [0.25, 0.3) is 10.9 Å². The lowest BCUT2D eigenvalue weighted by atomic mass is 10.2. The van der Waals surface area contributed by atoms with E-state index in [1.54, 1.807) is 0 Å². The average Bonchev–Trinajstić information content (AvgIpc) is 2.76. The summed E-state index contributed by atoms with van der Waals surface area (Å²) in [7, 11) is 0. The molecule has 2 N–H and O–H groups in total. The van der Waals surface area contributed by atoms with Gasteiger partial charge in [0.05, 0.1) is 10.5 Å². The van der Waals surface area contributed by atoms with Crippen LogP contribution in [0.15, 0.2) is 36.4 Å². The van der Waals surface area contributed by atoms with Crippen molar-refractivity contribution < 1.29 is 0 Å². The molecule has 0 aliphatic heterocycles. The maximum Gasteiger partial charge on any atom is 0.153 e. The molecule has 2 heterocycles. The molecule has 0 saturated heterocycles. The van der Waals surface area contributed by atoms with Crippen LogP contribution in [0.3, 0.4) is 0 Å². The molecule has 4 nitrogen and oxygen atoms in total. The molecule has 0 amide bonds. The first kappa shape index (κ1) is 11.0. The zero-order valence-electron chi connectivity index (χ0n) is 9.74. The fourth-order valence-corrected chi connectivity index (χ4v) is 2.02. The smallest absolute Gasteiger partial charge is 0.153 e. The van der Waals surface area contributed by atoms with E-state index in [1.165, 1.54) is 0 Å². The van der Waals surface area contributed by atoms with Gasteiger partial charge in [-0.05, 0) is 25.1 Å². The highest BCUT2D eigenvalue weighted by atomic mass is 35.5. The van der Waals surface area contributed by atoms with Gasteiger partial charge in [-0.2, -0.15) is 5.10 Å². The lowest BCUT2D eigenvalue weighted by Gasteiger charge is -2.04. The van der Waals surface area contributed by atoms with E-state index >= 15 is 0 Å². The summed E-state index contributed by atoms with van der Waals surface area (Å²) in [5.41, 5.74) is 1.78. The Morgan fingerprint density at radius 3 is 2.83 bits per heavy atom. The van der Waals surface area contributed by atoms with Crippen molar-refractivity contribution in [1.29, 1.82) is 0 Å². The zero-order chi connectivity index (χ0) is 12.5. The standard InChI is InChI=1S/C13H11ClN4/c1-8-7-12(18-17-8)15-11-6-5-9-3-2-4-10(14)13(9)16-11/h2-7H,1H3,(H2,15,16,17,18). The quantitative estimate of drug-likeness (QED) is 0.737. The number of aromatic nitrogens is 3. The Hall–Kier alpha value is -2.07. The van der Waals surface area contributed by atoms with Gasteiger partial charge >= 0.3 is 0 Å². The van der Waals surface area contributed by atoms with Crippen LogP contribution in [-0.2, 0) is 0 Å². The first-order valence-corrected chi connectivity index (χ1v) is 5.94. The van der Waals surface area contributed by atoms with Crippen LogP contribution >= 0.6 is 11.6 Å². The Morgan fingerprint density at radius 1 is 1.17 bits per heavy atom. The van der Waals surface area contributed by atoms with Gasteiger partial charge in [-0.1, -0.05) is 23.7 Å². The number of aryl methyl sites for hydroxylation is 1. The van der Waals surface area contributed by atoms with E-state index in [0.29, 0.717) is 5.02 Å². The second kappa shape index (κ2) is 4.31. The minimum Gasteiger partial charge on any atom is -0.323 e. The van der Waals surface area contributed by atoms with Gasteiger partial charge in [0.15, 0.2) is 5.82 Å². The third-order valence-corrected chi connectivity index (χ3v) is 2.94. The molecular weight excluding hydrogens is 248 g/mol. The van der Waals surface area contributed by atoms with Crippen LogP contribution in [0, 0.1) is 6.92 Å². The first-order valence-electron chi connectivity index (χ1n) is 5.57. The fraction of sp³-hybridized carbons (Fsp3) is 0.0769. The van der Waals surface area contributed by atoms with Crippen molar-refractivity contribution in [3.05, 3.63) is 47.1 Å².